The smallest absolute Gasteiger partial charge is 0.153 e. The molecule has 0 saturated carbocycles. The maximum absolute atomic E-state index is 8.90. The van der Waals surface area contributed by atoms with Crippen LogP contribution in [0, 0.1) is 13.8 Å². The number of aliphatic hydroxyl groups excluding tert-OH is 1. The summed E-state index contributed by atoms with van der Waals surface area (Å²) >= 11 is 0. The molecule has 0 atom stereocenters. The topological polar surface area (TPSA) is 50.9 Å². The van der Waals surface area contributed by atoms with Gasteiger partial charge in [0.15, 0.2) is 5.82 Å². The Morgan fingerprint density at radius 3 is 2.60 bits per heavy atom. The molecule has 0 aliphatic rings. The van der Waals surface area contributed by atoms with Gasteiger partial charge >= 0.3 is 0 Å². The van der Waals surface area contributed by atoms with E-state index in [0.717, 1.165) is 22.8 Å². The van der Waals surface area contributed by atoms with E-state index in [9.17, 15) is 0 Å². The first-order valence-electron chi connectivity index (χ1n) is 4.80. The Kier molecular flexibility index (Phi) is 2.51. The Hall–Kier alpha value is -1.68. The van der Waals surface area contributed by atoms with Gasteiger partial charge in [0.2, 0.25) is 0 Å². The van der Waals surface area contributed by atoms with Gasteiger partial charge in [-0.2, -0.15) is 5.10 Å². The molecule has 2 rings (SSSR count). The molecule has 0 amide bonds. The minimum absolute atomic E-state index is 0.0183. The Balaban J connectivity index is 2.41. The highest BCUT2D eigenvalue weighted by molar-refractivity contribution is 5.27. The average molecular weight is 203 g/mol. The van der Waals surface area contributed by atoms with E-state index in [-0.39, 0.29) is 6.61 Å². The van der Waals surface area contributed by atoms with Crippen molar-refractivity contribution < 1.29 is 5.11 Å². The highest BCUT2D eigenvalue weighted by atomic mass is 16.3. The summed E-state index contributed by atoms with van der Waals surface area (Å²) in [6.07, 6.45) is 1.66. The van der Waals surface area contributed by atoms with Crippen LogP contribution in [-0.4, -0.2) is 19.9 Å². The van der Waals surface area contributed by atoms with E-state index < -0.39 is 0 Å². The van der Waals surface area contributed by atoms with Crippen LogP contribution < -0.4 is 0 Å². The minimum atomic E-state index is 0.0183. The standard InChI is InChI=1S/C11H13N3O/c1-8-5-9(2)14(13-8)11-4-3-10(7-15)6-12-11/h3-6,15H,7H2,1-2H3. The monoisotopic (exact) mass is 203 g/mol. The molecule has 4 nitrogen and oxygen atoms in total. The van der Waals surface area contributed by atoms with Gasteiger partial charge in [-0.3, -0.25) is 0 Å². The van der Waals surface area contributed by atoms with Crippen molar-refractivity contribution in [3.05, 3.63) is 41.3 Å². The average Bonchev–Trinajstić information content (AvgIpc) is 2.58. The molecule has 15 heavy (non-hydrogen) atoms. The van der Waals surface area contributed by atoms with Crippen LogP contribution in [0.5, 0.6) is 0 Å². The third-order valence-corrected chi connectivity index (χ3v) is 2.22. The van der Waals surface area contributed by atoms with Crippen molar-refractivity contribution in [2.24, 2.45) is 0 Å². The van der Waals surface area contributed by atoms with Gasteiger partial charge in [0.05, 0.1) is 12.3 Å². The Labute approximate surface area is 88.2 Å². The maximum Gasteiger partial charge on any atom is 0.153 e. The molecular formula is C11H13N3O. The molecule has 2 aromatic heterocycles. The van der Waals surface area contributed by atoms with Crippen LogP contribution >= 0.6 is 0 Å². The zero-order chi connectivity index (χ0) is 10.8. The first kappa shape index (κ1) is 9.86. The Bertz CT molecular complexity index is 459. The van der Waals surface area contributed by atoms with E-state index in [1.165, 1.54) is 0 Å². The minimum Gasteiger partial charge on any atom is -0.392 e. The van der Waals surface area contributed by atoms with Crippen molar-refractivity contribution in [2.45, 2.75) is 20.5 Å². The molecule has 0 unspecified atom stereocenters. The molecule has 0 aliphatic heterocycles. The van der Waals surface area contributed by atoms with Crippen molar-refractivity contribution >= 4 is 0 Å². The summed E-state index contributed by atoms with van der Waals surface area (Å²) in [4.78, 5) is 4.23. The highest BCUT2D eigenvalue weighted by Gasteiger charge is 2.04. The summed E-state index contributed by atoms with van der Waals surface area (Å²) in [6, 6.07) is 5.70. The number of rotatable bonds is 2. The van der Waals surface area contributed by atoms with Gasteiger partial charge in [-0.1, -0.05) is 6.07 Å². The molecule has 2 heterocycles. The fraction of sp³-hybridized carbons (Fsp3) is 0.273. The maximum atomic E-state index is 8.90. The van der Waals surface area contributed by atoms with Crippen LogP contribution in [0.25, 0.3) is 5.82 Å². The van der Waals surface area contributed by atoms with E-state index in [2.05, 4.69) is 10.1 Å². The third-order valence-electron chi connectivity index (χ3n) is 2.22. The van der Waals surface area contributed by atoms with Gasteiger partial charge < -0.3 is 5.11 Å². The number of nitrogens with zero attached hydrogens (tertiary/aromatic N) is 3. The molecule has 0 bridgehead atoms. The van der Waals surface area contributed by atoms with Crippen molar-refractivity contribution in [2.75, 3.05) is 0 Å². The van der Waals surface area contributed by atoms with Crippen LogP contribution in [-0.2, 0) is 6.61 Å². The predicted octanol–water partition coefficient (Wildman–Crippen LogP) is 1.38. The molecule has 0 radical (unpaired) electrons. The summed E-state index contributed by atoms with van der Waals surface area (Å²) in [5.41, 5.74) is 2.83. The SMILES string of the molecule is Cc1cc(C)n(-c2ccc(CO)cn2)n1. The molecule has 78 valence electrons. The molecule has 0 saturated heterocycles. The zero-order valence-electron chi connectivity index (χ0n) is 8.81. The first-order chi connectivity index (χ1) is 7.20. The van der Waals surface area contributed by atoms with E-state index in [1.807, 2.05) is 32.0 Å². The van der Waals surface area contributed by atoms with Gasteiger partial charge in [-0.05, 0) is 31.5 Å². The van der Waals surface area contributed by atoms with Gasteiger partial charge in [-0.15, -0.1) is 0 Å². The van der Waals surface area contributed by atoms with Gasteiger partial charge in [0.1, 0.15) is 0 Å². The molecule has 2 aromatic rings. The Morgan fingerprint density at radius 2 is 2.13 bits per heavy atom. The molecule has 4 heteroatoms. The van der Waals surface area contributed by atoms with Crippen LogP contribution in [0.4, 0.5) is 0 Å². The zero-order valence-corrected chi connectivity index (χ0v) is 8.81. The van der Waals surface area contributed by atoms with E-state index >= 15 is 0 Å². The van der Waals surface area contributed by atoms with Crippen molar-refractivity contribution in [3.63, 3.8) is 0 Å². The summed E-state index contributed by atoms with van der Waals surface area (Å²) in [5.74, 6) is 0.776. The molecule has 0 fully saturated rings. The third kappa shape index (κ3) is 1.89. The van der Waals surface area contributed by atoms with Crippen molar-refractivity contribution in [3.8, 4) is 5.82 Å². The van der Waals surface area contributed by atoms with Crippen LogP contribution in [0.1, 0.15) is 17.0 Å². The molecule has 0 spiro atoms. The summed E-state index contributed by atoms with van der Waals surface area (Å²) < 4.78 is 1.79. The number of aryl methyl sites for hydroxylation is 2. The summed E-state index contributed by atoms with van der Waals surface area (Å²) in [6.45, 7) is 3.96. The second-order valence-electron chi connectivity index (χ2n) is 3.52. The lowest BCUT2D eigenvalue weighted by molar-refractivity contribution is 0.281. The van der Waals surface area contributed by atoms with Gasteiger partial charge in [0, 0.05) is 11.9 Å². The molecule has 0 aliphatic carbocycles. The van der Waals surface area contributed by atoms with Crippen LogP contribution in [0.3, 0.4) is 0 Å². The van der Waals surface area contributed by atoms with E-state index in [0.29, 0.717) is 0 Å². The number of aromatic nitrogens is 3. The predicted molar refractivity (Wildman–Crippen MR) is 56.8 cm³/mol. The lowest BCUT2D eigenvalue weighted by atomic mass is 10.3. The van der Waals surface area contributed by atoms with Crippen molar-refractivity contribution in [1.82, 2.24) is 14.8 Å². The summed E-state index contributed by atoms with van der Waals surface area (Å²) in [5, 5.41) is 13.2. The normalized spacial score (nSPS) is 10.6. The Morgan fingerprint density at radius 1 is 1.33 bits per heavy atom. The molecule has 1 N–H and O–H groups in total. The quantitative estimate of drug-likeness (QED) is 0.802. The lowest BCUT2D eigenvalue weighted by Gasteiger charge is -2.03. The fourth-order valence-corrected chi connectivity index (χ4v) is 1.50. The number of hydrogen-bond acceptors (Lipinski definition) is 3. The number of aliphatic hydroxyl groups is 1. The lowest BCUT2D eigenvalue weighted by Crippen LogP contribution is -2.02. The largest absolute Gasteiger partial charge is 0.392 e. The van der Waals surface area contributed by atoms with E-state index in [1.54, 1.807) is 10.9 Å². The second-order valence-corrected chi connectivity index (χ2v) is 3.52. The van der Waals surface area contributed by atoms with Gasteiger partial charge in [-0.25, -0.2) is 9.67 Å². The van der Waals surface area contributed by atoms with Crippen molar-refractivity contribution in [1.29, 1.82) is 0 Å². The highest BCUT2D eigenvalue weighted by Crippen LogP contribution is 2.09. The van der Waals surface area contributed by atoms with E-state index in [4.69, 9.17) is 5.11 Å². The number of hydrogen-bond donors (Lipinski definition) is 1. The number of pyridine rings is 1. The van der Waals surface area contributed by atoms with Gasteiger partial charge in [0.25, 0.3) is 0 Å². The van der Waals surface area contributed by atoms with Crippen LogP contribution in [0.2, 0.25) is 0 Å². The van der Waals surface area contributed by atoms with Crippen LogP contribution in [0.15, 0.2) is 24.4 Å². The molecule has 0 aromatic carbocycles. The summed E-state index contributed by atoms with van der Waals surface area (Å²) in [7, 11) is 0. The first-order valence-corrected chi connectivity index (χ1v) is 4.80. The second kappa shape index (κ2) is 3.82. The molecular weight excluding hydrogens is 190 g/mol. The fourth-order valence-electron chi connectivity index (χ4n) is 1.50.